The van der Waals surface area contributed by atoms with E-state index in [0.717, 1.165) is 5.57 Å². The van der Waals surface area contributed by atoms with E-state index in [1.807, 2.05) is 13.0 Å². The van der Waals surface area contributed by atoms with E-state index in [9.17, 15) is 9.59 Å². The number of hydrogen-bond donors (Lipinski definition) is 2. The van der Waals surface area contributed by atoms with Gasteiger partial charge in [-0.05, 0) is 6.92 Å². The maximum atomic E-state index is 10.4. The van der Waals surface area contributed by atoms with E-state index in [1.165, 1.54) is 0 Å². The molecule has 15 heavy (non-hydrogen) atoms. The average Bonchev–Trinajstić information content (AvgIpc) is 2.08. The summed E-state index contributed by atoms with van der Waals surface area (Å²) in [6.07, 6.45) is -1.82. The highest BCUT2D eigenvalue weighted by Gasteiger charge is 2.31. The largest absolute Gasteiger partial charge is 0.506 e. The second-order valence-corrected chi connectivity index (χ2v) is 3.33. The summed E-state index contributed by atoms with van der Waals surface area (Å²) in [7, 11) is 0. The molecular weight excluding hydrogens is 204 g/mol. The summed E-state index contributed by atoms with van der Waals surface area (Å²) in [6.45, 7) is 1.83. The first kappa shape index (κ1) is 11.4. The molecule has 2 N–H and O–H groups in total. The molecule has 84 valence electrons. The van der Waals surface area contributed by atoms with Crippen LogP contribution in [-0.4, -0.2) is 34.7 Å². The van der Waals surface area contributed by atoms with Crippen molar-refractivity contribution in [2.45, 2.75) is 32.0 Å². The van der Waals surface area contributed by atoms with Gasteiger partial charge in [-0.2, -0.15) is 0 Å². The Kier molecular flexibility index (Phi) is 3.54. The van der Waals surface area contributed by atoms with Crippen molar-refractivity contribution in [1.29, 1.82) is 0 Å². The number of carboxylic acid groups (broad SMARTS) is 2. The predicted molar refractivity (Wildman–Crippen MR) is 48.8 cm³/mol. The number of ether oxygens (including phenoxy) is 2. The Morgan fingerprint density at radius 2 is 1.80 bits per heavy atom. The summed E-state index contributed by atoms with van der Waals surface area (Å²) >= 11 is 0. The Hall–Kier alpha value is -1.72. The van der Waals surface area contributed by atoms with Crippen LogP contribution in [0.5, 0.6) is 0 Å². The number of rotatable bonds is 2. The predicted octanol–water partition coefficient (Wildman–Crippen LogP) is 1.85. The Morgan fingerprint density at radius 1 is 1.27 bits per heavy atom. The molecule has 0 saturated carbocycles. The van der Waals surface area contributed by atoms with Crippen LogP contribution in [0.4, 0.5) is 9.59 Å². The van der Waals surface area contributed by atoms with Gasteiger partial charge in [0.2, 0.25) is 0 Å². The monoisotopic (exact) mass is 216 g/mol. The molecule has 0 aliphatic heterocycles. The zero-order valence-corrected chi connectivity index (χ0v) is 8.17. The highest BCUT2D eigenvalue weighted by molar-refractivity contribution is 5.58. The third kappa shape index (κ3) is 3.49. The molecule has 0 aromatic rings. The fraction of sp³-hybridized carbons (Fsp3) is 0.556. The van der Waals surface area contributed by atoms with Crippen LogP contribution in [-0.2, 0) is 9.47 Å². The van der Waals surface area contributed by atoms with E-state index in [2.05, 4.69) is 9.47 Å². The minimum atomic E-state index is -1.42. The van der Waals surface area contributed by atoms with Crippen LogP contribution in [0, 0.1) is 0 Å². The van der Waals surface area contributed by atoms with Crippen molar-refractivity contribution >= 4 is 12.3 Å². The Bertz CT molecular complexity index is 295. The molecule has 0 fully saturated rings. The number of carbonyl (C=O) groups is 2. The molecule has 0 saturated heterocycles. The smallest absolute Gasteiger partial charge is 0.450 e. The van der Waals surface area contributed by atoms with Crippen LogP contribution in [0.15, 0.2) is 11.6 Å². The molecule has 0 spiro atoms. The molecule has 1 aliphatic rings. The Balaban J connectivity index is 2.65. The van der Waals surface area contributed by atoms with E-state index in [1.54, 1.807) is 0 Å². The van der Waals surface area contributed by atoms with Crippen molar-refractivity contribution < 1.29 is 29.3 Å². The molecular formula is C9H12O6. The lowest BCUT2D eigenvalue weighted by Crippen LogP contribution is -2.36. The van der Waals surface area contributed by atoms with E-state index in [0.29, 0.717) is 12.8 Å². The molecule has 0 radical (unpaired) electrons. The van der Waals surface area contributed by atoms with Crippen molar-refractivity contribution in [1.82, 2.24) is 0 Å². The molecule has 6 heteroatoms. The molecule has 2 atom stereocenters. The summed E-state index contributed by atoms with van der Waals surface area (Å²) < 4.78 is 9.10. The van der Waals surface area contributed by atoms with E-state index in [4.69, 9.17) is 10.2 Å². The summed E-state index contributed by atoms with van der Waals surface area (Å²) in [4.78, 5) is 20.7. The van der Waals surface area contributed by atoms with Gasteiger partial charge in [0.15, 0.2) is 0 Å². The van der Waals surface area contributed by atoms with Crippen LogP contribution >= 0.6 is 0 Å². The molecule has 6 nitrogen and oxygen atoms in total. The van der Waals surface area contributed by atoms with Gasteiger partial charge in [-0.1, -0.05) is 11.6 Å². The minimum Gasteiger partial charge on any atom is -0.450 e. The summed E-state index contributed by atoms with van der Waals surface area (Å²) in [6, 6.07) is 0. The fourth-order valence-electron chi connectivity index (χ4n) is 1.50. The summed E-state index contributed by atoms with van der Waals surface area (Å²) in [5.74, 6) is 0. The second kappa shape index (κ2) is 4.68. The lowest BCUT2D eigenvalue weighted by atomic mass is 9.95. The Morgan fingerprint density at radius 3 is 2.33 bits per heavy atom. The zero-order chi connectivity index (χ0) is 11.4. The van der Waals surface area contributed by atoms with E-state index in [-0.39, 0.29) is 0 Å². The van der Waals surface area contributed by atoms with Crippen molar-refractivity contribution in [3.05, 3.63) is 11.6 Å². The van der Waals surface area contributed by atoms with Crippen LogP contribution in [0.2, 0.25) is 0 Å². The van der Waals surface area contributed by atoms with Gasteiger partial charge in [-0.15, -0.1) is 0 Å². The van der Waals surface area contributed by atoms with Crippen molar-refractivity contribution in [3.63, 3.8) is 0 Å². The molecule has 1 aliphatic carbocycles. The first-order valence-electron chi connectivity index (χ1n) is 4.44. The summed E-state index contributed by atoms with van der Waals surface area (Å²) in [5.41, 5.74) is 0.964. The van der Waals surface area contributed by atoms with Crippen LogP contribution in [0.3, 0.4) is 0 Å². The maximum absolute atomic E-state index is 10.4. The first-order chi connectivity index (χ1) is 6.99. The van der Waals surface area contributed by atoms with Gasteiger partial charge in [0, 0.05) is 12.8 Å². The molecule has 0 bridgehead atoms. The quantitative estimate of drug-likeness (QED) is 0.540. The van der Waals surface area contributed by atoms with Gasteiger partial charge in [-0.3, -0.25) is 0 Å². The van der Waals surface area contributed by atoms with Crippen molar-refractivity contribution in [2.24, 2.45) is 0 Å². The number of hydrogen-bond acceptors (Lipinski definition) is 4. The topological polar surface area (TPSA) is 93.1 Å². The van der Waals surface area contributed by atoms with Crippen LogP contribution in [0.1, 0.15) is 19.8 Å². The van der Waals surface area contributed by atoms with E-state index >= 15 is 0 Å². The average molecular weight is 216 g/mol. The van der Waals surface area contributed by atoms with Gasteiger partial charge < -0.3 is 19.7 Å². The lowest BCUT2D eigenvalue weighted by Gasteiger charge is -2.27. The highest BCUT2D eigenvalue weighted by atomic mass is 16.7. The zero-order valence-electron chi connectivity index (χ0n) is 8.17. The summed E-state index contributed by atoms with van der Waals surface area (Å²) in [5, 5.41) is 16.9. The molecule has 0 amide bonds. The minimum absolute atomic E-state index is 0.343. The normalized spacial score (nSPS) is 25.3. The van der Waals surface area contributed by atoms with Gasteiger partial charge >= 0.3 is 12.3 Å². The second-order valence-electron chi connectivity index (χ2n) is 3.33. The third-order valence-corrected chi connectivity index (χ3v) is 2.14. The van der Waals surface area contributed by atoms with Crippen LogP contribution < -0.4 is 0 Å². The van der Waals surface area contributed by atoms with Gasteiger partial charge in [0.1, 0.15) is 12.2 Å². The molecule has 1 rings (SSSR count). The van der Waals surface area contributed by atoms with Gasteiger partial charge in [0.05, 0.1) is 0 Å². The fourth-order valence-corrected chi connectivity index (χ4v) is 1.50. The Labute approximate surface area is 86.1 Å². The van der Waals surface area contributed by atoms with Crippen molar-refractivity contribution in [2.75, 3.05) is 0 Å². The molecule has 0 heterocycles. The SMILES string of the molecule is CC1=CC[C@@H](OC(=O)O)[C@H](OC(=O)O)C1. The molecule has 0 unspecified atom stereocenters. The van der Waals surface area contributed by atoms with E-state index < -0.39 is 24.5 Å². The van der Waals surface area contributed by atoms with Crippen molar-refractivity contribution in [3.8, 4) is 0 Å². The molecule has 0 aromatic carbocycles. The highest BCUT2D eigenvalue weighted by Crippen LogP contribution is 2.23. The lowest BCUT2D eigenvalue weighted by molar-refractivity contribution is -0.0418. The maximum Gasteiger partial charge on any atom is 0.506 e. The molecule has 0 aromatic heterocycles. The van der Waals surface area contributed by atoms with Gasteiger partial charge in [-0.25, -0.2) is 9.59 Å². The standard InChI is InChI=1S/C9H12O6/c1-5-2-3-6(14-8(10)11)7(4-5)15-9(12)13/h2,6-7H,3-4H2,1H3,(H,10,11)(H,12,13)/t6-,7-/m1/s1. The third-order valence-electron chi connectivity index (χ3n) is 2.14. The van der Waals surface area contributed by atoms with Gasteiger partial charge in [0.25, 0.3) is 0 Å². The van der Waals surface area contributed by atoms with Crippen LogP contribution in [0.25, 0.3) is 0 Å². The first-order valence-corrected chi connectivity index (χ1v) is 4.44.